The number of hydrogen-bond donors (Lipinski definition) is 2. The number of nitrogens with one attached hydrogen (secondary N) is 1. The quantitative estimate of drug-likeness (QED) is 0.779. The van der Waals surface area contributed by atoms with Gasteiger partial charge in [-0.05, 0) is 44.2 Å². The summed E-state index contributed by atoms with van der Waals surface area (Å²) in [6, 6.07) is 2.51. The predicted molar refractivity (Wildman–Crippen MR) is 60.9 cm³/mol. The molecule has 1 aliphatic rings. The second-order valence-corrected chi connectivity index (χ2v) is 4.34. The van der Waals surface area contributed by atoms with Gasteiger partial charge in [-0.1, -0.05) is 0 Å². The van der Waals surface area contributed by atoms with E-state index in [1.54, 1.807) is 0 Å². The Labute approximate surface area is 90.5 Å². The Balaban J connectivity index is 1.95. The highest BCUT2D eigenvalue weighted by molar-refractivity contribution is 5.48. The summed E-state index contributed by atoms with van der Waals surface area (Å²) in [5.41, 5.74) is 2.36. The Morgan fingerprint density at radius 1 is 1.33 bits per heavy atom. The smallest absolute Gasteiger partial charge is 0.0558 e. The molecule has 1 fully saturated rings. The van der Waals surface area contributed by atoms with Crippen LogP contribution in [0.5, 0.6) is 0 Å². The van der Waals surface area contributed by atoms with E-state index in [0.717, 1.165) is 31.4 Å². The van der Waals surface area contributed by atoms with Gasteiger partial charge in [0.1, 0.15) is 0 Å². The van der Waals surface area contributed by atoms with E-state index >= 15 is 0 Å². The van der Waals surface area contributed by atoms with E-state index in [4.69, 9.17) is 0 Å². The minimum Gasteiger partial charge on any atom is -0.393 e. The highest BCUT2D eigenvalue weighted by Gasteiger charge is 2.19. The van der Waals surface area contributed by atoms with Crippen LogP contribution in [0.25, 0.3) is 0 Å². The van der Waals surface area contributed by atoms with Crippen molar-refractivity contribution in [2.45, 2.75) is 44.8 Å². The molecule has 1 aliphatic carbocycles. The Morgan fingerprint density at radius 2 is 2.07 bits per heavy atom. The maximum Gasteiger partial charge on any atom is 0.0558 e. The van der Waals surface area contributed by atoms with Gasteiger partial charge in [-0.25, -0.2) is 0 Å². The van der Waals surface area contributed by atoms with Crippen molar-refractivity contribution in [3.05, 3.63) is 24.0 Å². The summed E-state index contributed by atoms with van der Waals surface area (Å²) < 4.78 is 0. The lowest BCUT2D eigenvalue weighted by atomic mass is 9.93. The van der Waals surface area contributed by atoms with E-state index in [2.05, 4.69) is 17.2 Å². The van der Waals surface area contributed by atoms with Gasteiger partial charge < -0.3 is 10.4 Å². The number of anilines is 1. The highest BCUT2D eigenvalue weighted by Crippen LogP contribution is 2.23. The molecule has 0 aliphatic heterocycles. The van der Waals surface area contributed by atoms with Crippen LogP contribution in [-0.2, 0) is 0 Å². The Hall–Kier alpha value is -1.09. The molecule has 0 amide bonds. The third-order valence-corrected chi connectivity index (χ3v) is 3.10. The van der Waals surface area contributed by atoms with Gasteiger partial charge in [0.15, 0.2) is 0 Å². The van der Waals surface area contributed by atoms with E-state index < -0.39 is 0 Å². The molecule has 1 saturated carbocycles. The molecule has 3 heteroatoms. The van der Waals surface area contributed by atoms with Crippen LogP contribution in [0.3, 0.4) is 0 Å². The number of aliphatic hydroxyl groups is 1. The Bertz CT molecular complexity index is 319. The van der Waals surface area contributed by atoms with Gasteiger partial charge >= 0.3 is 0 Å². The first-order chi connectivity index (χ1) is 7.25. The van der Waals surface area contributed by atoms with Crippen molar-refractivity contribution in [3.63, 3.8) is 0 Å². The first-order valence-corrected chi connectivity index (χ1v) is 5.61. The molecule has 2 rings (SSSR count). The molecule has 3 nitrogen and oxygen atoms in total. The average Bonchev–Trinajstić information content (AvgIpc) is 2.25. The lowest BCUT2D eigenvalue weighted by Gasteiger charge is -2.27. The van der Waals surface area contributed by atoms with E-state index in [-0.39, 0.29) is 6.10 Å². The molecule has 1 aromatic rings. The molecule has 2 N–H and O–H groups in total. The molecule has 82 valence electrons. The lowest BCUT2D eigenvalue weighted by Crippen LogP contribution is -2.28. The fourth-order valence-electron chi connectivity index (χ4n) is 2.06. The molecule has 0 aromatic carbocycles. The van der Waals surface area contributed by atoms with Gasteiger partial charge in [0.25, 0.3) is 0 Å². The van der Waals surface area contributed by atoms with Crippen LogP contribution in [0.1, 0.15) is 31.2 Å². The van der Waals surface area contributed by atoms with Crippen molar-refractivity contribution >= 4 is 5.69 Å². The molecular formula is C12H18N2O. The molecule has 0 radical (unpaired) electrons. The van der Waals surface area contributed by atoms with Crippen molar-refractivity contribution < 1.29 is 5.11 Å². The summed E-state index contributed by atoms with van der Waals surface area (Å²) >= 11 is 0. The summed E-state index contributed by atoms with van der Waals surface area (Å²) in [6.07, 6.45) is 7.53. The lowest BCUT2D eigenvalue weighted by molar-refractivity contribution is 0.126. The standard InChI is InChI=1S/C12H18N2O/c1-9-6-7-13-8-12(9)14-10-2-4-11(15)5-3-10/h6-8,10-11,14-15H,2-5H2,1H3. The molecule has 1 heterocycles. The van der Waals surface area contributed by atoms with Crippen molar-refractivity contribution in [1.82, 2.24) is 4.98 Å². The Kier molecular flexibility index (Phi) is 3.21. The average molecular weight is 206 g/mol. The van der Waals surface area contributed by atoms with Gasteiger partial charge in [0, 0.05) is 12.2 Å². The van der Waals surface area contributed by atoms with Crippen molar-refractivity contribution in [1.29, 1.82) is 0 Å². The molecule has 0 saturated heterocycles. The molecule has 1 aromatic heterocycles. The van der Waals surface area contributed by atoms with Crippen molar-refractivity contribution in [3.8, 4) is 0 Å². The number of nitrogens with zero attached hydrogens (tertiary/aromatic N) is 1. The fourth-order valence-corrected chi connectivity index (χ4v) is 2.06. The zero-order valence-electron chi connectivity index (χ0n) is 9.11. The highest BCUT2D eigenvalue weighted by atomic mass is 16.3. The zero-order chi connectivity index (χ0) is 10.7. The van der Waals surface area contributed by atoms with Gasteiger partial charge in [-0.2, -0.15) is 0 Å². The first-order valence-electron chi connectivity index (χ1n) is 5.61. The Morgan fingerprint density at radius 3 is 2.73 bits per heavy atom. The summed E-state index contributed by atoms with van der Waals surface area (Å²) in [4.78, 5) is 4.11. The van der Waals surface area contributed by atoms with Gasteiger partial charge in [0.2, 0.25) is 0 Å². The first kappa shape index (κ1) is 10.4. The molecule has 0 atom stereocenters. The van der Waals surface area contributed by atoms with Crippen molar-refractivity contribution in [2.75, 3.05) is 5.32 Å². The SMILES string of the molecule is Cc1ccncc1NC1CCC(O)CC1. The number of hydrogen-bond acceptors (Lipinski definition) is 3. The maximum atomic E-state index is 9.41. The number of rotatable bonds is 2. The number of aromatic nitrogens is 1. The van der Waals surface area contributed by atoms with Crippen LogP contribution in [0.4, 0.5) is 5.69 Å². The third kappa shape index (κ3) is 2.69. The van der Waals surface area contributed by atoms with Crippen LogP contribution in [0, 0.1) is 6.92 Å². The fraction of sp³-hybridized carbons (Fsp3) is 0.583. The predicted octanol–water partition coefficient (Wildman–Crippen LogP) is 2.11. The molecule has 0 unspecified atom stereocenters. The summed E-state index contributed by atoms with van der Waals surface area (Å²) in [5, 5.41) is 12.9. The summed E-state index contributed by atoms with van der Waals surface area (Å²) in [6.45, 7) is 2.09. The van der Waals surface area contributed by atoms with E-state index in [1.807, 2.05) is 18.5 Å². The topological polar surface area (TPSA) is 45.2 Å². The number of aryl methyl sites for hydroxylation is 1. The van der Waals surface area contributed by atoms with E-state index in [1.165, 1.54) is 5.56 Å². The second-order valence-electron chi connectivity index (χ2n) is 4.34. The molecule has 0 spiro atoms. The maximum absolute atomic E-state index is 9.41. The number of aliphatic hydroxyl groups excluding tert-OH is 1. The van der Waals surface area contributed by atoms with Gasteiger partial charge in [0.05, 0.1) is 18.0 Å². The normalized spacial score (nSPS) is 26.3. The van der Waals surface area contributed by atoms with Crippen LogP contribution in [-0.4, -0.2) is 22.2 Å². The van der Waals surface area contributed by atoms with Gasteiger partial charge in [-0.15, -0.1) is 0 Å². The van der Waals surface area contributed by atoms with E-state index in [0.29, 0.717) is 6.04 Å². The molecule has 0 bridgehead atoms. The monoisotopic (exact) mass is 206 g/mol. The summed E-state index contributed by atoms with van der Waals surface area (Å²) in [5.74, 6) is 0. The minimum atomic E-state index is -0.0851. The number of pyridine rings is 1. The van der Waals surface area contributed by atoms with Crippen LogP contribution in [0.15, 0.2) is 18.5 Å². The van der Waals surface area contributed by atoms with Crippen LogP contribution in [0.2, 0.25) is 0 Å². The van der Waals surface area contributed by atoms with Crippen LogP contribution < -0.4 is 5.32 Å². The van der Waals surface area contributed by atoms with Gasteiger partial charge in [-0.3, -0.25) is 4.98 Å². The summed E-state index contributed by atoms with van der Waals surface area (Å²) in [7, 11) is 0. The zero-order valence-corrected chi connectivity index (χ0v) is 9.11. The largest absolute Gasteiger partial charge is 0.393 e. The molecule has 15 heavy (non-hydrogen) atoms. The third-order valence-electron chi connectivity index (χ3n) is 3.10. The minimum absolute atomic E-state index is 0.0851. The molecular weight excluding hydrogens is 188 g/mol. The van der Waals surface area contributed by atoms with Crippen LogP contribution >= 0.6 is 0 Å². The van der Waals surface area contributed by atoms with E-state index in [9.17, 15) is 5.11 Å². The second kappa shape index (κ2) is 4.62. The van der Waals surface area contributed by atoms with Crippen molar-refractivity contribution in [2.24, 2.45) is 0 Å².